The van der Waals surface area contributed by atoms with Gasteiger partial charge in [-0.1, -0.05) is 0 Å². The summed E-state index contributed by atoms with van der Waals surface area (Å²) in [4.78, 5) is 16.8. The average Bonchev–Trinajstić information content (AvgIpc) is 2.65. The van der Waals surface area contributed by atoms with E-state index in [4.69, 9.17) is 0 Å². The zero-order chi connectivity index (χ0) is 13.3. The molecule has 0 bridgehead atoms. The van der Waals surface area contributed by atoms with Gasteiger partial charge in [0.1, 0.15) is 0 Å². The smallest absolute Gasteiger partial charge is 0.284 e. The van der Waals surface area contributed by atoms with Gasteiger partial charge in [0.2, 0.25) is 0 Å². The predicted octanol–water partition coefficient (Wildman–Crippen LogP) is 3.29. The molecule has 2 rings (SSSR count). The van der Waals surface area contributed by atoms with Gasteiger partial charge in [0.15, 0.2) is 16.6 Å². The third-order valence-electron chi connectivity index (χ3n) is 2.40. The lowest BCUT2D eigenvalue weighted by Gasteiger charge is -2.03. The molecule has 1 aromatic carbocycles. The molecule has 0 fully saturated rings. The summed E-state index contributed by atoms with van der Waals surface area (Å²) >= 11 is 1.26. The van der Waals surface area contributed by atoms with Crippen LogP contribution in [0.1, 0.15) is 20.4 Å². The van der Waals surface area contributed by atoms with E-state index < -0.39 is 17.5 Å². The second kappa shape index (κ2) is 4.81. The van der Waals surface area contributed by atoms with Crippen LogP contribution in [0.5, 0.6) is 0 Å². The van der Waals surface area contributed by atoms with E-state index in [-0.39, 0.29) is 5.69 Å². The van der Waals surface area contributed by atoms with Crippen molar-refractivity contribution < 1.29 is 13.6 Å². The quantitative estimate of drug-likeness (QED) is 0.908. The van der Waals surface area contributed by atoms with E-state index in [1.807, 2.05) is 6.92 Å². The highest BCUT2D eigenvalue weighted by Crippen LogP contribution is 2.19. The van der Waals surface area contributed by atoms with E-state index in [0.29, 0.717) is 5.01 Å². The van der Waals surface area contributed by atoms with Crippen LogP contribution in [0, 0.1) is 25.5 Å². The van der Waals surface area contributed by atoms with E-state index in [2.05, 4.69) is 10.3 Å². The number of hydrogen-bond acceptors (Lipinski definition) is 3. The molecule has 1 aromatic heterocycles. The highest BCUT2D eigenvalue weighted by Gasteiger charge is 2.13. The van der Waals surface area contributed by atoms with Crippen LogP contribution in [0.25, 0.3) is 0 Å². The number of carbonyl (C=O) groups is 1. The molecule has 0 aliphatic heterocycles. The van der Waals surface area contributed by atoms with E-state index >= 15 is 0 Å². The Morgan fingerprint density at radius 3 is 2.56 bits per heavy atom. The molecule has 0 unspecified atom stereocenters. The lowest BCUT2D eigenvalue weighted by atomic mass is 10.3. The first-order chi connectivity index (χ1) is 8.47. The Hall–Kier alpha value is -1.82. The van der Waals surface area contributed by atoms with Crippen LogP contribution in [0.3, 0.4) is 0 Å². The first kappa shape index (κ1) is 12.6. The largest absolute Gasteiger partial charge is 0.320 e. The fraction of sp³-hybridized carbons (Fsp3) is 0.167. The van der Waals surface area contributed by atoms with Gasteiger partial charge in [-0.05, 0) is 26.0 Å². The average molecular weight is 268 g/mol. The monoisotopic (exact) mass is 268 g/mol. The molecule has 0 saturated carbocycles. The van der Waals surface area contributed by atoms with Crippen LogP contribution >= 0.6 is 11.3 Å². The van der Waals surface area contributed by atoms with Crippen molar-refractivity contribution in [2.24, 2.45) is 0 Å². The van der Waals surface area contributed by atoms with Gasteiger partial charge in [0.25, 0.3) is 5.91 Å². The Bertz CT molecular complexity index is 591. The molecule has 18 heavy (non-hydrogen) atoms. The SMILES string of the molecule is Cc1nc(C(=O)Nc2ccc(F)c(F)c2)sc1C. The summed E-state index contributed by atoms with van der Waals surface area (Å²) in [5.74, 6) is -2.38. The van der Waals surface area contributed by atoms with Crippen LogP contribution < -0.4 is 5.32 Å². The molecule has 0 spiro atoms. The molecule has 3 nitrogen and oxygen atoms in total. The minimum Gasteiger partial charge on any atom is -0.320 e. The number of thiazole rings is 1. The number of nitrogens with one attached hydrogen (secondary N) is 1. The Balaban J connectivity index is 2.18. The summed E-state index contributed by atoms with van der Waals surface area (Å²) in [7, 11) is 0. The summed E-state index contributed by atoms with van der Waals surface area (Å²) in [6.07, 6.45) is 0. The molecular formula is C12H10F2N2OS. The Morgan fingerprint density at radius 2 is 2.00 bits per heavy atom. The molecule has 0 saturated heterocycles. The second-order valence-electron chi connectivity index (χ2n) is 3.74. The maximum atomic E-state index is 13.0. The second-order valence-corrected chi connectivity index (χ2v) is 4.95. The minimum atomic E-state index is -1.00. The summed E-state index contributed by atoms with van der Waals surface area (Å²) in [6.45, 7) is 3.67. The summed E-state index contributed by atoms with van der Waals surface area (Å²) in [5, 5.41) is 2.77. The topological polar surface area (TPSA) is 42.0 Å². The number of aromatic nitrogens is 1. The van der Waals surface area contributed by atoms with Crippen molar-refractivity contribution in [3.05, 3.63) is 45.4 Å². The van der Waals surface area contributed by atoms with E-state index in [0.717, 1.165) is 22.7 Å². The van der Waals surface area contributed by atoms with Crippen molar-refractivity contribution in [2.75, 3.05) is 5.32 Å². The molecule has 94 valence electrons. The van der Waals surface area contributed by atoms with Gasteiger partial charge in [-0.2, -0.15) is 0 Å². The molecular weight excluding hydrogens is 258 g/mol. The van der Waals surface area contributed by atoms with Gasteiger partial charge >= 0.3 is 0 Å². The summed E-state index contributed by atoms with van der Waals surface area (Å²) < 4.78 is 25.7. The van der Waals surface area contributed by atoms with Gasteiger partial charge < -0.3 is 5.32 Å². The number of anilines is 1. The number of hydrogen-bond donors (Lipinski definition) is 1. The summed E-state index contributed by atoms with van der Waals surface area (Å²) in [6, 6.07) is 3.19. The standard InChI is InChI=1S/C12H10F2N2OS/c1-6-7(2)18-12(15-6)11(17)16-8-3-4-9(13)10(14)5-8/h3-5H,1-2H3,(H,16,17). The lowest BCUT2D eigenvalue weighted by molar-refractivity contribution is 0.102. The normalized spacial score (nSPS) is 10.4. The van der Waals surface area contributed by atoms with Crippen molar-refractivity contribution in [2.45, 2.75) is 13.8 Å². The van der Waals surface area contributed by atoms with Gasteiger partial charge in [0, 0.05) is 16.6 Å². The fourth-order valence-electron chi connectivity index (χ4n) is 1.33. The summed E-state index contributed by atoms with van der Waals surface area (Å²) in [5.41, 5.74) is 0.986. The van der Waals surface area contributed by atoms with E-state index in [1.54, 1.807) is 6.92 Å². The number of benzene rings is 1. The first-order valence-corrected chi connectivity index (χ1v) is 5.99. The van der Waals surface area contributed by atoms with Crippen molar-refractivity contribution in [3.8, 4) is 0 Å². The van der Waals surface area contributed by atoms with Gasteiger partial charge in [-0.15, -0.1) is 11.3 Å². The number of aryl methyl sites for hydroxylation is 2. The van der Waals surface area contributed by atoms with Crippen molar-refractivity contribution >= 4 is 22.9 Å². The van der Waals surface area contributed by atoms with Crippen LogP contribution in [0.15, 0.2) is 18.2 Å². The zero-order valence-electron chi connectivity index (χ0n) is 9.75. The van der Waals surface area contributed by atoms with Crippen LogP contribution in [0.2, 0.25) is 0 Å². The number of nitrogens with zero attached hydrogens (tertiary/aromatic N) is 1. The van der Waals surface area contributed by atoms with E-state index in [9.17, 15) is 13.6 Å². The molecule has 0 aliphatic rings. The predicted molar refractivity (Wildman–Crippen MR) is 65.9 cm³/mol. The molecule has 1 N–H and O–H groups in total. The molecule has 0 atom stereocenters. The minimum absolute atomic E-state index is 0.199. The third kappa shape index (κ3) is 2.53. The van der Waals surface area contributed by atoms with Crippen molar-refractivity contribution in [1.29, 1.82) is 0 Å². The Labute approximate surface area is 106 Å². The number of amides is 1. The highest BCUT2D eigenvalue weighted by atomic mass is 32.1. The molecule has 0 radical (unpaired) electrons. The van der Waals surface area contributed by atoms with Gasteiger partial charge in [-0.25, -0.2) is 13.8 Å². The van der Waals surface area contributed by atoms with E-state index in [1.165, 1.54) is 17.4 Å². The third-order valence-corrected chi connectivity index (χ3v) is 3.47. The molecule has 1 heterocycles. The van der Waals surface area contributed by atoms with Gasteiger partial charge in [0.05, 0.1) is 5.69 Å². The van der Waals surface area contributed by atoms with Crippen molar-refractivity contribution in [1.82, 2.24) is 4.98 Å². The first-order valence-electron chi connectivity index (χ1n) is 5.18. The molecule has 2 aromatic rings. The number of rotatable bonds is 2. The maximum absolute atomic E-state index is 13.0. The van der Waals surface area contributed by atoms with Gasteiger partial charge in [-0.3, -0.25) is 4.79 Å². The van der Waals surface area contributed by atoms with Crippen LogP contribution in [0.4, 0.5) is 14.5 Å². The van der Waals surface area contributed by atoms with Crippen LogP contribution in [-0.4, -0.2) is 10.9 Å². The molecule has 1 amide bonds. The molecule has 6 heteroatoms. The fourth-order valence-corrected chi connectivity index (χ4v) is 2.14. The highest BCUT2D eigenvalue weighted by molar-refractivity contribution is 7.13. The number of halogens is 2. The Morgan fingerprint density at radius 1 is 1.28 bits per heavy atom. The number of carbonyl (C=O) groups excluding carboxylic acids is 1. The Kier molecular flexibility index (Phi) is 3.38. The molecule has 0 aliphatic carbocycles. The zero-order valence-corrected chi connectivity index (χ0v) is 10.6. The lowest BCUT2D eigenvalue weighted by Crippen LogP contribution is -2.11. The van der Waals surface area contributed by atoms with Crippen molar-refractivity contribution in [3.63, 3.8) is 0 Å². The maximum Gasteiger partial charge on any atom is 0.284 e. The van der Waals surface area contributed by atoms with Crippen LogP contribution in [-0.2, 0) is 0 Å².